The number of thiol groups is 1. The first-order valence-electron chi connectivity index (χ1n) is 3.18. The first-order chi connectivity index (χ1) is 4.20. The summed E-state index contributed by atoms with van der Waals surface area (Å²) in [4.78, 5) is 0. The van der Waals surface area contributed by atoms with Crippen LogP contribution in [0.15, 0.2) is 0 Å². The van der Waals surface area contributed by atoms with E-state index in [-0.39, 0.29) is 17.5 Å². The summed E-state index contributed by atoms with van der Waals surface area (Å²) in [5, 5.41) is 9.39. The lowest BCUT2D eigenvalue weighted by Gasteiger charge is -2.28. The zero-order valence-electron chi connectivity index (χ0n) is 5.45. The van der Waals surface area contributed by atoms with E-state index in [1.807, 2.05) is 6.92 Å². The van der Waals surface area contributed by atoms with Gasteiger partial charge < -0.3 is 9.84 Å². The van der Waals surface area contributed by atoms with E-state index in [2.05, 4.69) is 12.6 Å². The largest absolute Gasteiger partial charge is 0.390 e. The summed E-state index contributed by atoms with van der Waals surface area (Å²) < 4.78 is 5.18. The average Bonchev–Trinajstić information content (AvgIpc) is 1.80. The second-order valence-corrected chi connectivity index (χ2v) is 3.23. The smallest absolute Gasteiger partial charge is 0.0810 e. The van der Waals surface area contributed by atoms with Gasteiger partial charge in [0.2, 0.25) is 0 Å². The molecule has 0 amide bonds. The van der Waals surface area contributed by atoms with Crippen LogP contribution in [-0.4, -0.2) is 29.2 Å². The van der Waals surface area contributed by atoms with Crippen LogP contribution >= 0.6 is 12.6 Å². The molecule has 1 rings (SSSR count). The number of aliphatic hydroxyl groups is 1. The minimum Gasteiger partial charge on any atom is -0.390 e. The lowest BCUT2D eigenvalue weighted by molar-refractivity contribution is -0.0599. The lowest BCUT2D eigenvalue weighted by atomic mass is 10.1. The van der Waals surface area contributed by atoms with E-state index in [9.17, 15) is 5.11 Å². The van der Waals surface area contributed by atoms with E-state index in [0.29, 0.717) is 6.61 Å². The molecule has 0 bridgehead atoms. The molecule has 1 saturated heterocycles. The van der Waals surface area contributed by atoms with Crippen LogP contribution in [0.3, 0.4) is 0 Å². The molecular formula is C6H12O2S. The molecule has 0 unspecified atom stereocenters. The van der Waals surface area contributed by atoms with Crippen molar-refractivity contribution in [1.29, 1.82) is 0 Å². The molecule has 0 radical (unpaired) electrons. The van der Waals surface area contributed by atoms with Gasteiger partial charge in [-0.3, -0.25) is 0 Å². The Morgan fingerprint density at radius 2 is 2.33 bits per heavy atom. The first-order valence-corrected chi connectivity index (χ1v) is 3.69. The molecule has 3 atom stereocenters. The van der Waals surface area contributed by atoms with Crippen molar-refractivity contribution in [2.75, 3.05) is 6.61 Å². The predicted octanol–water partition coefficient (Wildman–Crippen LogP) is 0.454. The summed E-state index contributed by atoms with van der Waals surface area (Å²) >= 11 is 4.18. The van der Waals surface area contributed by atoms with E-state index >= 15 is 0 Å². The van der Waals surface area contributed by atoms with E-state index in [1.54, 1.807) is 0 Å². The van der Waals surface area contributed by atoms with Crippen LogP contribution in [0, 0.1) is 0 Å². The zero-order valence-corrected chi connectivity index (χ0v) is 6.34. The summed E-state index contributed by atoms with van der Waals surface area (Å²) in [6.45, 7) is 2.55. The van der Waals surface area contributed by atoms with Crippen LogP contribution in [0.5, 0.6) is 0 Å². The minimum absolute atomic E-state index is 0.00611. The standard InChI is InChI=1S/C6H12O2S/c1-4-6(7)2-5(9)3-8-4/h4-7,9H,2-3H2,1H3/t4-,5+,6-/m1/s1. The van der Waals surface area contributed by atoms with Crippen LogP contribution in [0.25, 0.3) is 0 Å². The van der Waals surface area contributed by atoms with E-state index < -0.39 is 0 Å². The maximum Gasteiger partial charge on any atom is 0.0810 e. The molecule has 0 aromatic carbocycles. The van der Waals surface area contributed by atoms with Crippen molar-refractivity contribution in [3.05, 3.63) is 0 Å². The Morgan fingerprint density at radius 1 is 1.67 bits per heavy atom. The molecule has 9 heavy (non-hydrogen) atoms. The minimum atomic E-state index is -0.318. The summed E-state index contributed by atoms with van der Waals surface area (Å²) in [6.07, 6.45) is 0.430. The lowest BCUT2D eigenvalue weighted by Crippen LogP contribution is -2.36. The molecule has 0 aliphatic carbocycles. The van der Waals surface area contributed by atoms with Crippen LogP contribution in [0.2, 0.25) is 0 Å². The maximum absolute atomic E-state index is 9.17. The van der Waals surface area contributed by atoms with E-state index in [4.69, 9.17) is 4.74 Å². The third-order valence-corrected chi connectivity index (χ3v) is 1.97. The van der Waals surface area contributed by atoms with Crippen LogP contribution in [-0.2, 0) is 4.74 Å². The first kappa shape index (κ1) is 7.38. The fourth-order valence-electron chi connectivity index (χ4n) is 0.912. The monoisotopic (exact) mass is 148 g/mol. The summed E-state index contributed by atoms with van der Waals surface area (Å²) in [5.41, 5.74) is 0. The SMILES string of the molecule is C[C@H]1OC[C@@H](S)C[C@H]1O. The van der Waals surface area contributed by atoms with Gasteiger partial charge in [-0.2, -0.15) is 12.6 Å². The molecule has 3 heteroatoms. The number of ether oxygens (including phenoxy) is 1. The van der Waals surface area contributed by atoms with Crippen LogP contribution < -0.4 is 0 Å². The fourth-order valence-corrected chi connectivity index (χ4v) is 1.21. The molecule has 1 fully saturated rings. The van der Waals surface area contributed by atoms with Gasteiger partial charge in [-0.1, -0.05) is 0 Å². The Morgan fingerprint density at radius 3 is 2.78 bits per heavy atom. The molecule has 1 aliphatic rings. The number of hydrogen-bond donors (Lipinski definition) is 2. The van der Waals surface area contributed by atoms with Gasteiger partial charge >= 0.3 is 0 Å². The fraction of sp³-hybridized carbons (Fsp3) is 1.00. The van der Waals surface area contributed by atoms with Gasteiger partial charge in [0.25, 0.3) is 0 Å². The van der Waals surface area contributed by atoms with E-state index in [0.717, 1.165) is 6.42 Å². The third-order valence-electron chi connectivity index (χ3n) is 1.61. The molecule has 0 spiro atoms. The van der Waals surface area contributed by atoms with Crippen molar-refractivity contribution < 1.29 is 9.84 Å². The van der Waals surface area contributed by atoms with Gasteiger partial charge in [-0.25, -0.2) is 0 Å². The molecule has 1 aliphatic heterocycles. The van der Waals surface area contributed by atoms with Gasteiger partial charge in [0.05, 0.1) is 18.8 Å². The van der Waals surface area contributed by atoms with Gasteiger partial charge in [-0.05, 0) is 13.3 Å². The highest BCUT2D eigenvalue weighted by atomic mass is 32.1. The number of aliphatic hydroxyl groups excluding tert-OH is 1. The Balaban J connectivity index is 2.35. The van der Waals surface area contributed by atoms with Crippen LogP contribution in [0.1, 0.15) is 13.3 Å². The van der Waals surface area contributed by atoms with Crippen molar-refractivity contribution in [3.8, 4) is 0 Å². The molecule has 0 aromatic heterocycles. The Bertz CT molecular complexity index is 97.1. The highest BCUT2D eigenvalue weighted by molar-refractivity contribution is 7.81. The Labute approximate surface area is 60.6 Å². The molecular weight excluding hydrogens is 136 g/mol. The molecule has 1 heterocycles. The zero-order chi connectivity index (χ0) is 6.85. The molecule has 2 nitrogen and oxygen atoms in total. The highest BCUT2D eigenvalue weighted by Crippen LogP contribution is 2.17. The Hall–Kier alpha value is 0.270. The Kier molecular flexibility index (Phi) is 2.38. The third kappa shape index (κ3) is 1.85. The normalized spacial score (nSPS) is 45.0. The number of rotatable bonds is 0. The second kappa shape index (κ2) is 2.90. The van der Waals surface area contributed by atoms with Gasteiger partial charge in [0.15, 0.2) is 0 Å². The quantitative estimate of drug-likeness (QED) is 0.489. The second-order valence-electron chi connectivity index (χ2n) is 2.50. The van der Waals surface area contributed by atoms with Crippen LogP contribution in [0.4, 0.5) is 0 Å². The van der Waals surface area contributed by atoms with E-state index in [1.165, 1.54) is 0 Å². The van der Waals surface area contributed by atoms with Crippen molar-refractivity contribution >= 4 is 12.6 Å². The topological polar surface area (TPSA) is 29.5 Å². The molecule has 0 aromatic rings. The predicted molar refractivity (Wildman–Crippen MR) is 38.8 cm³/mol. The summed E-state index contributed by atoms with van der Waals surface area (Å²) in [7, 11) is 0. The molecule has 1 N–H and O–H groups in total. The van der Waals surface area contributed by atoms with Gasteiger partial charge in [-0.15, -0.1) is 0 Å². The molecule has 0 saturated carbocycles. The van der Waals surface area contributed by atoms with Crippen molar-refractivity contribution in [2.24, 2.45) is 0 Å². The molecule has 54 valence electrons. The summed E-state index contributed by atoms with van der Waals surface area (Å²) in [5.74, 6) is 0. The van der Waals surface area contributed by atoms with Gasteiger partial charge in [0.1, 0.15) is 0 Å². The van der Waals surface area contributed by atoms with Crippen molar-refractivity contribution in [3.63, 3.8) is 0 Å². The number of hydrogen-bond acceptors (Lipinski definition) is 3. The maximum atomic E-state index is 9.17. The summed E-state index contributed by atoms with van der Waals surface area (Å²) in [6, 6.07) is 0. The highest BCUT2D eigenvalue weighted by Gasteiger charge is 2.23. The van der Waals surface area contributed by atoms with Crippen molar-refractivity contribution in [1.82, 2.24) is 0 Å². The van der Waals surface area contributed by atoms with Gasteiger partial charge in [0, 0.05) is 5.25 Å². The average molecular weight is 148 g/mol. The van der Waals surface area contributed by atoms with Crippen molar-refractivity contribution in [2.45, 2.75) is 30.8 Å².